The van der Waals surface area contributed by atoms with Gasteiger partial charge in [-0.05, 0) is 18.1 Å². The van der Waals surface area contributed by atoms with Gasteiger partial charge < -0.3 is 5.11 Å². The van der Waals surface area contributed by atoms with Crippen LogP contribution in [0.4, 0.5) is 0 Å². The first-order chi connectivity index (χ1) is 11.5. The van der Waals surface area contributed by atoms with E-state index in [9.17, 15) is 14.4 Å². The van der Waals surface area contributed by atoms with Gasteiger partial charge in [-0.1, -0.05) is 61.9 Å². The van der Waals surface area contributed by atoms with Gasteiger partial charge in [0, 0.05) is 17.0 Å². The molecule has 0 heterocycles. The second kappa shape index (κ2) is 8.20. The second-order valence-corrected chi connectivity index (χ2v) is 5.70. The lowest BCUT2D eigenvalue weighted by atomic mass is 9.87. The largest absolute Gasteiger partial charge is 0.481 e. The van der Waals surface area contributed by atoms with Crippen molar-refractivity contribution in [2.75, 3.05) is 0 Å². The molecule has 2 aromatic rings. The van der Waals surface area contributed by atoms with E-state index in [1.54, 1.807) is 48.5 Å². The molecule has 2 rings (SSSR count). The molecule has 0 aromatic heterocycles. The van der Waals surface area contributed by atoms with Crippen molar-refractivity contribution in [1.29, 1.82) is 0 Å². The van der Waals surface area contributed by atoms with Gasteiger partial charge in [-0.3, -0.25) is 14.4 Å². The molecule has 0 aliphatic heterocycles. The van der Waals surface area contributed by atoms with Crippen LogP contribution in [0.15, 0.2) is 54.6 Å². The zero-order chi connectivity index (χ0) is 17.5. The molecular formula is C20H20O4. The Balaban J connectivity index is 2.31. The summed E-state index contributed by atoms with van der Waals surface area (Å²) >= 11 is 0. The molecule has 0 saturated carbocycles. The number of carbonyl (C=O) groups excluding carboxylic acids is 2. The van der Waals surface area contributed by atoms with E-state index in [0.717, 1.165) is 6.42 Å². The molecule has 0 spiro atoms. The number of benzene rings is 2. The summed E-state index contributed by atoms with van der Waals surface area (Å²) < 4.78 is 0. The molecule has 2 aromatic carbocycles. The average Bonchev–Trinajstić information content (AvgIpc) is 2.59. The summed E-state index contributed by atoms with van der Waals surface area (Å²) in [6, 6.07) is 15.9. The Morgan fingerprint density at radius 2 is 1.62 bits per heavy atom. The number of rotatable bonds is 8. The molecule has 0 aliphatic rings. The van der Waals surface area contributed by atoms with Crippen LogP contribution >= 0.6 is 0 Å². The minimum Gasteiger partial charge on any atom is -0.481 e. The lowest BCUT2D eigenvalue weighted by molar-refractivity contribution is -0.140. The van der Waals surface area contributed by atoms with Crippen LogP contribution in [0.3, 0.4) is 0 Å². The summed E-state index contributed by atoms with van der Waals surface area (Å²) in [7, 11) is 0. The number of hydrogen-bond acceptors (Lipinski definition) is 3. The van der Waals surface area contributed by atoms with Crippen molar-refractivity contribution in [1.82, 2.24) is 0 Å². The fourth-order valence-corrected chi connectivity index (χ4v) is 2.73. The first kappa shape index (κ1) is 17.6. The molecule has 1 atom stereocenters. The van der Waals surface area contributed by atoms with E-state index in [0.29, 0.717) is 23.1 Å². The monoisotopic (exact) mass is 324 g/mol. The van der Waals surface area contributed by atoms with Crippen molar-refractivity contribution in [2.24, 2.45) is 0 Å². The lowest BCUT2D eigenvalue weighted by Gasteiger charge is -2.15. The fraction of sp³-hybridized carbons (Fsp3) is 0.250. The third-order valence-corrected chi connectivity index (χ3v) is 3.88. The first-order valence-corrected chi connectivity index (χ1v) is 7.97. The minimum atomic E-state index is -1.13. The zero-order valence-electron chi connectivity index (χ0n) is 13.6. The number of ketones is 2. The molecule has 1 N–H and O–H groups in total. The van der Waals surface area contributed by atoms with E-state index in [4.69, 9.17) is 5.11 Å². The number of carbonyl (C=O) groups is 3. The summed E-state index contributed by atoms with van der Waals surface area (Å²) in [6.07, 6.45) is 0.823. The normalized spacial score (nSPS) is 11.7. The van der Waals surface area contributed by atoms with Crippen LogP contribution in [-0.2, 0) is 9.59 Å². The van der Waals surface area contributed by atoms with Gasteiger partial charge in [-0.25, -0.2) is 0 Å². The molecule has 124 valence electrons. The van der Waals surface area contributed by atoms with E-state index >= 15 is 0 Å². The number of carboxylic acid groups (broad SMARTS) is 1. The van der Waals surface area contributed by atoms with Crippen molar-refractivity contribution in [3.05, 3.63) is 71.3 Å². The van der Waals surface area contributed by atoms with Crippen molar-refractivity contribution in [2.45, 2.75) is 32.1 Å². The third kappa shape index (κ3) is 4.38. The molecule has 0 fully saturated rings. The highest BCUT2D eigenvalue weighted by Gasteiger charge is 2.23. The molecule has 0 aliphatic carbocycles. The lowest BCUT2D eigenvalue weighted by Crippen LogP contribution is -2.17. The van der Waals surface area contributed by atoms with Crippen LogP contribution in [0.5, 0.6) is 0 Å². The highest BCUT2D eigenvalue weighted by Crippen LogP contribution is 2.25. The smallest absolute Gasteiger partial charge is 0.310 e. The summed E-state index contributed by atoms with van der Waals surface area (Å²) in [5.74, 6) is -2.06. The van der Waals surface area contributed by atoms with Gasteiger partial charge in [0.25, 0.3) is 0 Å². The molecule has 4 nitrogen and oxygen atoms in total. The highest BCUT2D eigenvalue weighted by atomic mass is 16.4. The van der Waals surface area contributed by atoms with Crippen LogP contribution in [-0.4, -0.2) is 22.6 Å². The number of Topliss-reactive ketones (excluding diaryl/α,β-unsaturated/α-hetero) is 1. The van der Waals surface area contributed by atoms with Gasteiger partial charge in [0.05, 0.1) is 0 Å². The number of carboxylic acids is 1. The minimum absolute atomic E-state index is 0.113. The van der Waals surface area contributed by atoms with Gasteiger partial charge in [-0.15, -0.1) is 0 Å². The average molecular weight is 324 g/mol. The highest BCUT2D eigenvalue weighted by molar-refractivity contribution is 6.09. The van der Waals surface area contributed by atoms with Crippen molar-refractivity contribution in [3.8, 4) is 0 Å². The molecular weight excluding hydrogens is 304 g/mol. The van der Waals surface area contributed by atoms with Crippen molar-refractivity contribution >= 4 is 17.5 Å². The number of aliphatic carboxylic acids is 1. The van der Waals surface area contributed by atoms with Crippen LogP contribution in [0.25, 0.3) is 0 Å². The SMILES string of the molecule is CCC[C@H](C(=O)CC(=O)O)c1cccc(C(=O)c2ccccc2)c1. The zero-order valence-corrected chi connectivity index (χ0v) is 13.6. The van der Waals surface area contributed by atoms with E-state index in [1.165, 1.54) is 0 Å². The van der Waals surface area contributed by atoms with Crippen LogP contribution in [0, 0.1) is 0 Å². The van der Waals surface area contributed by atoms with E-state index < -0.39 is 18.3 Å². The summed E-state index contributed by atoms with van der Waals surface area (Å²) in [5, 5.41) is 8.86. The van der Waals surface area contributed by atoms with Gasteiger partial charge >= 0.3 is 5.97 Å². The van der Waals surface area contributed by atoms with Gasteiger partial charge in [0.15, 0.2) is 11.6 Å². The maximum absolute atomic E-state index is 12.5. The first-order valence-electron chi connectivity index (χ1n) is 7.97. The molecule has 24 heavy (non-hydrogen) atoms. The van der Waals surface area contributed by atoms with Crippen molar-refractivity contribution in [3.63, 3.8) is 0 Å². The Labute approximate surface area is 141 Å². The maximum Gasteiger partial charge on any atom is 0.310 e. The van der Waals surface area contributed by atoms with Crippen molar-refractivity contribution < 1.29 is 19.5 Å². The van der Waals surface area contributed by atoms with Crippen LogP contribution in [0.1, 0.15) is 53.6 Å². The van der Waals surface area contributed by atoms with E-state index in [-0.39, 0.29) is 11.6 Å². The second-order valence-electron chi connectivity index (χ2n) is 5.70. The van der Waals surface area contributed by atoms with Gasteiger partial charge in [0.1, 0.15) is 6.42 Å². The molecule has 0 unspecified atom stereocenters. The Bertz CT molecular complexity index is 734. The Morgan fingerprint density at radius 1 is 0.958 bits per heavy atom. The fourth-order valence-electron chi connectivity index (χ4n) is 2.73. The maximum atomic E-state index is 12.5. The predicted molar refractivity (Wildman–Crippen MR) is 91.2 cm³/mol. The third-order valence-electron chi connectivity index (χ3n) is 3.88. The Hall–Kier alpha value is -2.75. The topological polar surface area (TPSA) is 71.4 Å². The van der Waals surface area contributed by atoms with Crippen LogP contribution < -0.4 is 0 Å². The summed E-state index contributed by atoms with van der Waals surface area (Å²) in [4.78, 5) is 35.6. The standard InChI is InChI=1S/C20H20O4/c1-2-7-17(18(21)13-19(22)23)15-10-6-11-16(12-15)20(24)14-8-4-3-5-9-14/h3-6,8-12,17H,2,7,13H2,1H3,(H,22,23)/t17-/m0/s1. The number of hydrogen-bond donors (Lipinski definition) is 1. The Kier molecular flexibility index (Phi) is 6.01. The molecule has 0 radical (unpaired) electrons. The predicted octanol–water partition coefficient (Wildman–Crippen LogP) is 3.85. The molecule has 4 heteroatoms. The van der Waals surface area contributed by atoms with Gasteiger partial charge in [0.2, 0.25) is 0 Å². The van der Waals surface area contributed by atoms with E-state index in [1.807, 2.05) is 13.0 Å². The molecule has 0 amide bonds. The van der Waals surface area contributed by atoms with Gasteiger partial charge in [-0.2, -0.15) is 0 Å². The summed E-state index contributed by atoms with van der Waals surface area (Å²) in [5.41, 5.74) is 1.78. The quantitative estimate of drug-likeness (QED) is 0.591. The Morgan fingerprint density at radius 3 is 2.25 bits per heavy atom. The summed E-state index contributed by atoms with van der Waals surface area (Å²) in [6.45, 7) is 1.94. The van der Waals surface area contributed by atoms with E-state index in [2.05, 4.69) is 0 Å². The molecule has 0 bridgehead atoms. The van der Waals surface area contributed by atoms with Crippen LogP contribution in [0.2, 0.25) is 0 Å². The molecule has 0 saturated heterocycles.